The number of methoxy groups -OCH3 is 1. The van der Waals surface area contributed by atoms with Gasteiger partial charge >= 0.3 is 0 Å². The molecule has 138 valence electrons. The molecule has 0 aliphatic carbocycles. The molecule has 0 spiro atoms. The predicted molar refractivity (Wildman–Crippen MR) is 110 cm³/mol. The molecule has 4 rings (SSSR count). The Hall–Kier alpha value is -3.08. The molecular weight excluding hydrogens is 336 g/mol. The van der Waals surface area contributed by atoms with Crippen molar-refractivity contribution < 1.29 is 4.74 Å². The van der Waals surface area contributed by atoms with Crippen molar-refractivity contribution in [1.82, 2.24) is 9.97 Å². The number of rotatable bonds is 4. The maximum Gasteiger partial charge on any atom is 0.128 e. The van der Waals surface area contributed by atoms with Crippen molar-refractivity contribution in [3.63, 3.8) is 0 Å². The van der Waals surface area contributed by atoms with Crippen LogP contribution in [0.5, 0.6) is 5.75 Å². The average molecular weight is 360 g/mol. The van der Waals surface area contributed by atoms with Gasteiger partial charge in [0, 0.05) is 35.6 Å². The lowest BCUT2D eigenvalue weighted by Crippen LogP contribution is -2.29. The first-order valence-corrected chi connectivity index (χ1v) is 9.36. The number of piperidine rings is 1. The lowest BCUT2D eigenvalue weighted by molar-refractivity contribution is 0.416. The third-order valence-corrected chi connectivity index (χ3v) is 5.08. The zero-order chi connectivity index (χ0) is 18.6. The Kier molecular flexibility index (Phi) is 4.92. The van der Waals surface area contributed by atoms with Gasteiger partial charge in [-0.15, -0.1) is 0 Å². The summed E-state index contributed by atoms with van der Waals surface area (Å²) in [5.41, 5.74) is 11.7. The molecule has 0 radical (unpaired) electrons. The summed E-state index contributed by atoms with van der Waals surface area (Å²) in [5, 5.41) is 0. The van der Waals surface area contributed by atoms with Crippen molar-refractivity contribution in [1.29, 1.82) is 0 Å². The van der Waals surface area contributed by atoms with E-state index in [-0.39, 0.29) is 0 Å². The Morgan fingerprint density at radius 1 is 0.889 bits per heavy atom. The zero-order valence-corrected chi connectivity index (χ0v) is 15.6. The molecule has 3 aromatic rings. The molecule has 2 N–H and O–H groups in total. The second-order valence-electron chi connectivity index (χ2n) is 6.81. The molecule has 2 aromatic carbocycles. The third-order valence-electron chi connectivity index (χ3n) is 5.08. The minimum Gasteiger partial charge on any atom is -0.496 e. The second-order valence-corrected chi connectivity index (χ2v) is 6.81. The van der Waals surface area contributed by atoms with E-state index < -0.39 is 0 Å². The smallest absolute Gasteiger partial charge is 0.128 e. The molecule has 0 amide bonds. The highest BCUT2D eigenvalue weighted by molar-refractivity contribution is 5.80. The highest BCUT2D eigenvalue weighted by Gasteiger charge is 2.15. The summed E-state index contributed by atoms with van der Waals surface area (Å²) in [6, 6.07) is 16.1. The van der Waals surface area contributed by atoms with Gasteiger partial charge in [-0.3, -0.25) is 0 Å². The first-order valence-electron chi connectivity index (χ1n) is 9.36. The lowest BCUT2D eigenvalue weighted by atomic mass is 10.0. The summed E-state index contributed by atoms with van der Waals surface area (Å²) in [7, 11) is 1.67. The SMILES string of the molecule is COc1ccccc1-c1cc(-c2cc(N3CCCCC3)ccc2N)ncn1. The van der Waals surface area contributed by atoms with Gasteiger partial charge in [-0.2, -0.15) is 0 Å². The number of anilines is 2. The van der Waals surface area contributed by atoms with Crippen molar-refractivity contribution >= 4 is 11.4 Å². The zero-order valence-electron chi connectivity index (χ0n) is 15.6. The minimum atomic E-state index is 0.723. The fraction of sp³-hybridized carbons (Fsp3) is 0.273. The fourth-order valence-electron chi connectivity index (χ4n) is 3.62. The first-order chi connectivity index (χ1) is 13.3. The van der Waals surface area contributed by atoms with Gasteiger partial charge < -0.3 is 15.4 Å². The van der Waals surface area contributed by atoms with Crippen molar-refractivity contribution in [2.75, 3.05) is 30.8 Å². The van der Waals surface area contributed by atoms with Gasteiger partial charge in [-0.25, -0.2) is 9.97 Å². The van der Waals surface area contributed by atoms with Crippen LogP contribution in [0.1, 0.15) is 19.3 Å². The van der Waals surface area contributed by atoms with Crippen LogP contribution in [-0.4, -0.2) is 30.2 Å². The number of benzene rings is 2. The largest absolute Gasteiger partial charge is 0.496 e. The van der Waals surface area contributed by atoms with Gasteiger partial charge in [0.2, 0.25) is 0 Å². The number of para-hydroxylation sites is 1. The Balaban J connectivity index is 1.73. The molecule has 0 bridgehead atoms. The molecular formula is C22H24N4O. The van der Waals surface area contributed by atoms with Gasteiger partial charge in [-0.05, 0) is 55.7 Å². The Morgan fingerprint density at radius 2 is 1.63 bits per heavy atom. The van der Waals surface area contributed by atoms with Gasteiger partial charge in [0.15, 0.2) is 0 Å². The van der Waals surface area contributed by atoms with Crippen LogP contribution >= 0.6 is 0 Å². The molecule has 5 heteroatoms. The fourth-order valence-corrected chi connectivity index (χ4v) is 3.62. The molecule has 1 aromatic heterocycles. The Bertz CT molecular complexity index is 935. The Labute approximate surface area is 159 Å². The number of nitrogen functional groups attached to an aromatic ring is 1. The maximum atomic E-state index is 6.29. The van der Waals surface area contributed by atoms with E-state index in [2.05, 4.69) is 27.0 Å². The van der Waals surface area contributed by atoms with E-state index in [1.54, 1.807) is 13.4 Å². The number of hydrogen-bond acceptors (Lipinski definition) is 5. The van der Waals surface area contributed by atoms with Crippen LogP contribution in [-0.2, 0) is 0 Å². The normalized spacial score (nSPS) is 14.2. The lowest BCUT2D eigenvalue weighted by Gasteiger charge is -2.29. The van der Waals surface area contributed by atoms with Crippen LogP contribution in [0.2, 0.25) is 0 Å². The van der Waals surface area contributed by atoms with Crippen LogP contribution in [0.25, 0.3) is 22.5 Å². The van der Waals surface area contributed by atoms with Crippen molar-refractivity contribution in [2.45, 2.75) is 19.3 Å². The Morgan fingerprint density at radius 3 is 2.41 bits per heavy atom. The molecule has 27 heavy (non-hydrogen) atoms. The number of nitrogens with zero attached hydrogens (tertiary/aromatic N) is 3. The van der Waals surface area contributed by atoms with Crippen molar-refractivity contribution in [2.24, 2.45) is 0 Å². The third kappa shape index (κ3) is 3.58. The van der Waals surface area contributed by atoms with Gasteiger partial charge in [0.25, 0.3) is 0 Å². The van der Waals surface area contributed by atoms with Crippen LogP contribution in [0, 0.1) is 0 Å². The molecule has 0 atom stereocenters. The highest BCUT2D eigenvalue weighted by atomic mass is 16.5. The summed E-state index contributed by atoms with van der Waals surface area (Å²) in [6.07, 6.45) is 5.38. The van der Waals surface area contributed by atoms with Gasteiger partial charge in [-0.1, -0.05) is 12.1 Å². The van der Waals surface area contributed by atoms with Crippen LogP contribution in [0.3, 0.4) is 0 Å². The molecule has 5 nitrogen and oxygen atoms in total. The van der Waals surface area contributed by atoms with Crippen molar-refractivity contribution in [3.8, 4) is 28.3 Å². The van der Waals surface area contributed by atoms with E-state index in [4.69, 9.17) is 10.5 Å². The minimum absolute atomic E-state index is 0.723. The number of aromatic nitrogens is 2. The topological polar surface area (TPSA) is 64.3 Å². The van der Waals surface area contributed by atoms with E-state index in [1.165, 1.54) is 24.9 Å². The number of ether oxygens (including phenoxy) is 1. The van der Waals surface area contributed by atoms with E-state index in [0.29, 0.717) is 0 Å². The van der Waals surface area contributed by atoms with Crippen LogP contribution in [0.4, 0.5) is 11.4 Å². The van der Waals surface area contributed by atoms with E-state index >= 15 is 0 Å². The monoisotopic (exact) mass is 360 g/mol. The predicted octanol–water partition coefficient (Wildman–Crippen LogP) is 4.39. The molecule has 1 saturated heterocycles. The number of hydrogen-bond donors (Lipinski definition) is 1. The first kappa shape index (κ1) is 17.3. The highest BCUT2D eigenvalue weighted by Crippen LogP contribution is 2.33. The molecule has 1 aliphatic heterocycles. The molecule has 2 heterocycles. The maximum absolute atomic E-state index is 6.29. The summed E-state index contributed by atoms with van der Waals surface area (Å²) in [4.78, 5) is 11.4. The average Bonchev–Trinajstić information content (AvgIpc) is 2.75. The second kappa shape index (κ2) is 7.66. The molecule has 1 fully saturated rings. The number of nitrogens with two attached hydrogens (primary N) is 1. The van der Waals surface area contributed by atoms with E-state index in [0.717, 1.165) is 47.0 Å². The summed E-state index contributed by atoms with van der Waals surface area (Å²) in [6.45, 7) is 2.19. The van der Waals surface area contributed by atoms with Gasteiger partial charge in [0.1, 0.15) is 12.1 Å². The quantitative estimate of drug-likeness (QED) is 0.699. The van der Waals surface area contributed by atoms with Crippen molar-refractivity contribution in [3.05, 3.63) is 54.9 Å². The van der Waals surface area contributed by atoms with Crippen LogP contribution in [0.15, 0.2) is 54.9 Å². The van der Waals surface area contributed by atoms with E-state index in [1.807, 2.05) is 36.4 Å². The van der Waals surface area contributed by atoms with Crippen LogP contribution < -0.4 is 15.4 Å². The standard InChI is InChI=1S/C22H24N4O/c1-27-22-8-4-3-7-17(22)20-14-21(25-15-24-20)18-13-16(9-10-19(18)23)26-11-5-2-6-12-26/h3-4,7-10,13-15H,2,5-6,11-12,23H2,1H3. The molecule has 1 aliphatic rings. The summed E-state index contributed by atoms with van der Waals surface area (Å²) >= 11 is 0. The summed E-state index contributed by atoms with van der Waals surface area (Å²) in [5.74, 6) is 0.789. The van der Waals surface area contributed by atoms with E-state index in [9.17, 15) is 0 Å². The molecule has 0 saturated carbocycles. The molecule has 0 unspecified atom stereocenters. The van der Waals surface area contributed by atoms with Gasteiger partial charge in [0.05, 0.1) is 18.5 Å². The summed E-state index contributed by atoms with van der Waals surface area (Å²) < 4.78 is 5.48.